The number of nitrogens with one attached hydrogen (secondary N) is 1. The quantitative estimate of drug-likeness (QED) is 0.494. The van der Waals surface area contributed by atoms with Crippen LogP contribution in [-0.2, 0) is 14.3 Å². The second-order valence-electron chi connectivity index (χ2n) is 8.62. The first kappa shape index (κ1) is 19.2. The van der Waals surface area contributed by atoms with E-state index in [0.29, 0.717) is 18.3 Å². The molecule has 2 atom stereocenters. The number of carbonyl (C=O) groups excluding carboxylic acids is 2. The fourth-order valence-electron chi connectivity index (χ4n) is 5.82. The second kappa shape index (κ2) is 7.03. The van der Waals surface area contributed by atoms with E-state index >= 15 is 0 Å². The molecule has 27 heavy (non-hydrogen) atoms. The summed E-state index contributed by atoms with van der Waals surface area (Å²) in [6, 6.07) is 3.98. The number of hydrogen-bond acceptors (Lipinski definition) is 3. The zero-order valence-electron chi connectivity index (χ0n) is 14.9. The van der Waals surface area contributed by atoms with Crippen molar-refractivity contribution in [3.8, 4) is 0 Å². The number of alkyl halides is 1. The summed E-state index contributed by atoms with van der Waals surface area (Å²) < 4.78 is 19.1. The number of rotatable bonds is 5. The van der Waals surface area contributed by atoms with Gasteiger partial charge in [-0.15, -0.1) is 0 Å². The smallest absolute Gasteiger partial charge is 0.306 e. The van der Waals surface area contributed by atoms with Crippen LogP contribution in [0.2, 0.25) is 5.02 Å². The van der Waals surface area contributed by atoms with Crippen molar-refractivity contribution in [2.24, 2.45) is 17.3 Å². The van der Waals surface area contributed by atoms with Gasteiger partial charge in [0, 0.05) is 9.35 Å². The van der Waals surface area contributed by atoms with Gasteiger partial charge in [-0.2, -0.15) is 0 Å². The van der Waals surface area contributed by atoms with E-state index in [1.165, 1.54) is 31.4 Å². The van der Waals surface area contributed by atoms with Gasteiger partial charge >= 0.3 is 5.97 Å². The maximum atomic E-state index is 13.7. The molecule has 0 unspecified atom stereocenters. The Kier molecular flexibility index (Phi) is 5.00. The van der Waals surface area contributed by atoms with Crippen molar-refractivity contribution in [2.75, 3.05) is 11.9 Å². The molecule has 4 aliphatic carbocycles. The maximum absolute atomic E-state index is 13.7. The maximum Gasteiger partial charge on any atom is 0.306 e. The van der Waals surface area contributed by atoms with Gasteiger partial charge in [-0.05, 0) is 74.0 Å². The van der Waals surface area contributed by atoms with Gasteiger partial charge in [-0.25, -0.2) is 4.39 Å². The summed E-state index contributed by atoms with van der Waals surface area (Å²) in [5.41, 5.74) is 0.0199. The average Bonchev–Trinajstić information content (AvgIpc) is 2.53. The molecular formula is C20H22BrClFNO3. The molecule has 1 aromatic carbocycles. The molecule has 4 bridgehead atoms. The Morgan fingerprint density at radius 2 is 1.96 bits per heavy atom. The molecule has 0 aliphatic heterocycles. The van der Waals surface area contributed by atoms with Gasteiger partial charge < -0.3 is 10.1 Å². The van der Waals surface area contributed by atoms with E-state index in [0.717, 1.165) is 25.3 Å². The van der Waals surface area contributed by atoms with Crippen molar-refractivity contribution >= 4 is 45.1 Å². The standard InChI is InChI=1S/C20H22BrClFNO3/c21-20-7-12-3-13(8-20)6-19(5-12,11-20)9-18(26)27-10-17(25)24-16-2-1-14(22)4-15(16)23/h1-2,4,12-13H,3,5-11H2,(H,24,25)/t12-,13-,19?,20?/m0/s1. The van der Waals surface area contributed by atoms with Gasteiger partial charge in [0.15, 0.2) is 6.61 Å². The molecule has 1 aromatic rings. The summed E-state index contributed by atoms with van der Waals surface area (Å²) in [6.07, 6.45) is 7.20. The van der Waals surface area contributed by atoms with E-state index in [1.807, 2.05) is 0 Å². The SMILES string of the molecule is O=C(COC(=O)CC12C[C@@H]3C[C@H](CC(Br)(C3)C1)C2)Nc1ccc(Cl)cc1F. The number of anilines is 1. The number of amides is 1. The van der Waals surface area contributed by atoms with Crippen molar-refractivity contribution in [3.05, 3.63) is 29.0 Å². The summed E-state index contributed by atoms with van der Waals surface area (Å²) in [6.45, 7) is -0.413. The highest BCUT2D eigenvalue weighted by Gasteiger charge is 2.57. The minimum atomic E-state index is -0.627. The topological polar surface area (TPSA) is 55.4 Å². The van der Waals surface area contributed by atoms with Crippen molar-refractivity contribution in [1.29, 1.82) is 0 Å². The van der Waals surface area contributed by atoms with Gasteiger partial charge in [0.05, 0.1) is 12.1 Å². The molecule has 0 heterocycles. The van der Waals surface area contributed by atoms with Crippen LogP contribution in [0.15, 0.2) is 18.2 Å². The highest BCUT2D eigenvalue weighted by Crippen LogP contribution is 2.65. The van der Waals surface area contributed by atoms with Crippen molar-refractivity contribution < 1.29 is 18.7 Å². The molecule has 5 rings (SSSR count). The van der Waals surface area contributed by atoms with Gasteiger partial charge in [0.2, 0.25) is 0 Å². The molecule has 4 aliphatic rings. The van der Waals surface area contributed by atoms with Gasteiger partial charge in [-0.3, -0.25) is 9.59 Å². The molecular weight excluding hydrogens is 437 g/mol. The summed E-state index contributed by atoms with van der Waals surface area (Å²) in [5.74, 6) is -0.158. The Bertz CT molecular complexity index is 772. The molecule has 4 fully saturated rings. The third-order valence-corrected chi connectivity index (χ3v) is 7.36. The normalized spacial score (nSPS) is 33.7. The van der Waals surface area contributed by atoms with Crippen LogP contribution in [0, 0.1) is 23.1 Å². The number of hydrogen-bond donors (Lipinski definition) is 1. The van der Waals surface area contributed by atoms with Crippen LogP contribution in [0.1, 0.15) is 44.9 Å². The van der Waals surface area contributed by atoms with Crippen LogP contribution in [0.3, 0.4) is 0 Å². The summed E-state index contributed by atoms with van der Waals surface area (Å²) in [7, 11) is 0. The van der Waals surface area contributed by atoms with E-state index in [9.17, 15) is 14.0 Å². The molecule has 146 valence electrons. The number of carbonyl (C=O) groups is 2. The van der Waals surface area contributed by atoms with E-state index < -0.39 is 18.3 Å². The molecule has 0 spiro atoms. The Labute approximate surface area is 171 Å². The van der Waals surface area contributed by atoms with Crippen molar-refractivity contribution in [1.82, 2.24) is 0 Å². The monoisotopic (exact) mass is 457 g/mol. The van der Waals surface area contributed by atoms with E-state index in [-0.39, 0.29) is 26.4 Å². The zero-order valence-corrected chi connectivity index (χ0v) is 17.2. The summed E-state index contributed by atoms with van der Waals surface area (Å²) >= 11 is 9.62. The van der Waals surface area contributed by atoms with Crippen LogP contribution in [0.4, 0.5) is 10.1 Å². The van der Waals surface area contributed by atoms with E-state index in [4.69, 9.17) is 16.3 Å². The van der Waals surface area contributed by atoms with Crippen LogP contribution in [0.25, 0.3) is 0 Å². The average molecular weight is 459 g/mol. The van der Waals surface area contributed by atoms with Gasteiger partial charge in [0.1, 0.15) is 5.82 Å². The lowest BCUT2D eigenvalue weighted by Crippen LogP contribution is -2.53. The molecule has 4 saturated carbocycles. The Hall–Kier alpha value is -1.14. The van der Waals surface area contributed by atoms with E-state index in [1.54, 1.807) is 0 Å². The third-order valence-electron chi connectivity index (χ3n) is 6.20. The molecule has 0 radical (unpaired) electrons. The number of benzene rings is 1. The highest BCUT2D eigenvalue weighted by molar-refractivity contribution is 9.10. The van der Waals surface area contributed by atoms with Crippen LogP contribution in [0.5, 0.6) is 0 Å². The van der Waals surface area contributed by atoms with Crippen molar-refractivity contribution in [2.45, 2.75) is 49.3 Å². The molecule has 7 heteroatoms. The Balaban J connectivity index is 1.30. The number of ether oxygens (including phenoxy) is 1. The minimum absolute atomic E-state index is 0.00340. The second-order valence-corrected chi connectivity index (χ2v) is 10.7. The third kappa shape index (κ3) is 4.16. The molecule has 4 nitrogen and oxygen atoms in total. The first-order chi connectivity index (χ1) is 12.7. The zero-order chi connectivity index (χ0) is 19.2. The van der Waals surface area contributed by atoms with Crippen LogP contribution < -0.4 is 5.32 Å². The van der Waals surface area contributed by atoms with Gasteiger partial charge in [-0.1, -0.05) is 27.5 Å². The van der Waals surface area contributed by atoms with Crippen LogP contribution >= 0.6 is 27.5 Å². The lowest BCUT2D eigenvalue weighted by Gasteiger charge is -2.60. The summed E-state index contributed by atoms with van der Waals surface area (Å²) in [5, 5.41) is 2.65. The molecule has 0 saturated heterocycles. The van der Waals surface area contributed by atoms with Gasteiger partial charge in [0.25, 0.3) is 5.91 Å². The minimum Gasteiger partial charge on any atom is -0.456 e. The first-order valence-electron chi connectivity index (χ1n) is 9.34. The predicted octanol–water partition coefficient (Wildman–Crippen LogP) is 5.08. The molecule has 1 amide bonds. The Morgan fingerprint density at radius 1 is 1.26 bits per heavy atom. The van der Waals surface area contributed by atoms with Crippen molar-refractivity contribution in [3.63, 3.8) is 0 Å². The fourth-order valence-corrected chi connectivity index (χ4v) is 7.49. The van der Waals surface area contributed by atoms with E-state index in [2.05, 4.69) is 21.2 Å². The largest absolute Gasteiger partial charge is 0.456 e. The highest BCUT2D eigenvalue weighted by atomic mass is 79.9. The molecule has 1 N–H and O–H groups in total. The Morgan fingerprint density at radius 3 is 2.59 bits per heavy atom. The van der Waals surface area contributed by atoms with Crippen LogP contribution in [-0.4, -0.2) is 22.8 Å². The predicted molar refractivity (Wildman–Crippen MR) is 104 cm³/mol. The lowest BCUT2D eigenvalue weighted by atomic mass is 9.49. The lowest BCUT2D eigenvalue weighted by molar-refractivity contribution is -0.153. The fraction of sp³-hybridized carbons (Fsp3) is 0.600. The molecule has 0 aromatic heterocycles. The summed E-state index contributed by atoms with van der Waals surface area (Å²) in [4.78, 5) is 24.4. The number of halogens is 3. The number of esters is 1. The first-order valence-corrected chi connectivity index (χ1v) is 10.5.